The summed E-state index contributed by atoms with van der Waals surface area (Å²) in [6.07, 6.45) is -4.53. The number of alkyl halides is 3. The number of ether oxygens (including phenoxy) is 1. The molecular weight excluding hydrogens is 233 g/mol. The second-order valence-corrected chi connectivity index (χ2v) is 3.21. The molecule has 0 amide bonds. The number of aliphatic hydroxyl groups is 1. The first kappa shape index (κ1) is 12.1. The average Bonchev–Trinajstić information content (AvgIpc) is 2.15. The van der Waals surface area contributed by atoms with Crippen molar-refractivity contribution < 1.29 is 23.0 Å². The number of hydrogen-bond acceptors (Lipinski definition) is 2. The normalized spacial score (nSPS) is 11.6. The molecule has 0 fully saturated rings. The SMILES string of the molecule is COc1cc(C(F)(F)F)c(Cl)cc1CO. The highest BCUT2D eigenvalue weighted by atomic mass is 35.5. The number of aliphatic hydroxyl groups excluding tert-OH is 1. The van der Waals surface area contributed by atoms with Gasteiger partial charge in [0, 0.05) is 5.56 Å². The molecule has 0 unspecified atom stereocenters. The Morgan fingerprint density at radius 1 is 1.40 bits per heavy atom. The second-order valence-electron chi connectivity index (χ2n) is 2.80. The first-order valence-corrected chi connectivity index (χ1v) is 4.32. The van der Waals surface area contributed by atoms with Crippen LogP contribution < -0.4 is 4.74 Å². The number of methoxy groups -OCH3 is 1. The average molecular weight is 241 g/mol. The highest BCUT2D eigenvalue weighted by Crippen LogP contribution is 2.38. The van der Waals surface area contributed by atoms with Gasteiger partial charge in [0.25, 0.3) is 0 Å². The maximum atomic E-state index is 12.4. The van der Waals surface area contributed by atoms with Crippen molar-refractivity contribution in [1.29, 1.82) is 0 Å². The first-order chi connectivity index (χ1) is 6.90. The van der Waals surface area contributed by atoms with Crippen LogP contribution in [-0.2, 0) is 12.8 Å². The molecule has 0 heterocycles. The van der Waals surface area contributed by atoms with Crippen LogP contribution in [0.4, 0.5) is 13.2 Å². The van der Waals surface area contributed by atoms with Crippen molar-refractivity contribution in [3.63, 3.8) is 0 Å². The fourth-order valence-corrected chi connectivity index (χ4v) is 1.42. The third-order valence-electron chi connectivity index (χ3n) is 1.85. The summed E-state index contributed by atoms with van der Waals surface area (Å²) in [5.74, 6) is -0.0331. The molecule has 0 radical (unpaired) electrons. The fraction of sp³-hybridized carbons (Fsp3) is 0.333. The van der Waals surface area contributed by atoms with Crippen molar-refractivity contribution in [2.75, 3.05) is 7.11 Å². The smallest absolute Gasteiger partial charge is 0.417 e. The lowest BCUT2D eigenvalue weighted by Crippen LogP contribution is -2.07. The molecule has 0 saturated heterocycles. The lowest BCUT2D eigenvalue weighted by Gasteiger charge is -2.13. The quantitative estimate of drug-likeness (QED) is 0.861. The van der Waals surface area contributed by atoms with Gasteiger partial charge in [-0.1, -0.05) is 11.6 Å². The molecular formula is C9H8ClF3O2. The van der Waals surface area contributed by atoms with Crippen molar-refractivity contribution in [2.24, 2.45) is 0 Å². The predicted octanol–water partition coefficient (Wildman–Crippen LogP) is 2.86. The van der Waals surface area contributed by atoms with Crippen LogP contribution >= 0.6 is 11.6 Å². The topological polar surface area (TPSA) is 29.5 Å². The highest BCUT2D eigenvalue weighted by molar-refractivity contribution is 6.31. The molecule has 2 nitrogen and oxygen atoms in total. The van der Waals surface area contributed by atoms with Crippen molar-refractivity contribution >= 4 is 11.6 Å². The van der Waals surface area contributed by atoms with Gasteiger partial charge in [-0.2, -0.15) is 13.2 Å². The number of hydrogen-bond donors (Lipinski definition) is 1. The van der Waals surface area contributed by atoms with Crippen molar-refractivity contribution in [3.05, 3.63) is 28.3 Å². The van der Waals surface area contributed by atoms with E-state index in [2.05, 4.69) is 0 Å². The molecule has 1 aromatic rings. The van der Waals surface area contributed by atoms with E-state index >= 15 is 0 Å². The highest BCUT2D eigenvalue weighted by Gasteiger charge is 2.34. The fourth-order valence-electron chi connectivity index (χ4n) is 1.13. The minimum absolute atomic E-state index is 0.0331. The summed E-state index contributed by atoms with van der Waals surface area (Å²) in [6.45, 7) is -0.430. The standard InChI is InChI=1S/C9H8ClF3O2/c1-15-8-3-6(9(11,12)13)7(10)2-5(8)4-14/h2-3,14H,4H2,1H3. The predicted molar refractivity (Wildman–Crippen MR) is 48.9 cm³/mol. The Morgan fingerprint density at radius 3 is 2.40 bits per heavy atom. The Kier molecular flexibility index (Phi) is 3.46. The molecule has 0 bridgehead atoms. The summed E-state index contributed by atoms with van der Waals surface area (Å²) < 4.78 is 41.9. The molecule has 6 heteroatoms. The number of benzene rings is 1. The van der Waals surface area contributed by atoms with Gasteiger partial charge >= 0.3 is 6.18 Å². The van der Waals surface area contributed by atoms with Gasteiger partial charge in [0.1, 0.15) is 5.75 Å². The van der Waals surface area contributed by atoms with E-state index < -0.39 is 23.4 Å². The van der Waals surface area contributed by atoms with Crippen LogP contribution in [0.1, 0.15) is 11.1 Å². The van der Waals surface area contributed by atoms with E-state index in [1.54, 1.807) is 0 Å². The van der Waals surface area contributed by atoms with Gasteiger partial charge in [-0.05, 0) is 12.1 Å². The lowest BCUT2D eigenvalue weighted by atomic mass is 10.1. The zero-order valence-electron chi connectivity index (χ0n) is 7.73. The van der Waals surface area contributed by atoms with Crippen LogP contribution in [-0.4, -0.2) is 12.2 Å². The van der Waals surface area contributed by atoms with E-state index in [1.165, 1.54) is 7.11 Å². The van der Waals surface area contributed by atoms with Crippen molar-refractivity contribution in [3.8, 4) is 5.75 Å². The minimum Gasteiger partial charge on any atom is -0.496 e. The number of rotatable bonds is 2. The summed E-state index contributed by atoms with van der Waals surface area (Å²) >= 11 is 5.44. The number of halogens is 4. The second kappa shape index (κ2) is 4.28. The molecule has 1 rings (SSSR count). The first-order valence-electron chi connectivity index (χ1n) is 3.94. The summed E-state index contributed by atoms with van der Waals surface area (Å²) in [5.41, 5.74) is -0.756. The van der Waals surface area contributed by atoms with Crippen LogP contribution in [0.2, 0.25) is 5.02 Å². The van der Waals surface area contributed by atoms with Crippen molar-refractivity contribution in [2.45, 2.75) is 12.8 Å². The van der Waals surface area contributed by atoms with Crippen LogP contribution in [0.15, 0.2) is 12.1 Å². The Bertz CT molecular complexity index is 363. The Morgan fingerprint density at radius 2 is 2.00 bits per heavy atom. The van der Waals surface area contributed by atoms with Gasteiger partial charge < -0.3 is 9.84 Å². The minimum atomic E-state index is -4.53. The summed E-state index contributed by atoms with van der Waals surface area (Å²) in [7, 11) is 1.22. The molecule has 84 valence electrons. The maximum Gasteiger partial charge on any atom is 0.417 e. The van der Waals surface area contributed by atoms with Crippen LogP contribution in [0.25, 0.3) is 0 Å². The van der Waals surface area contributed by atoms with Crippen LogP contribution in [0.5, 0.6) is 5.75 Å². The molecule has 0 aliphatic rings. The molecule has 0 saturated carbocycles. The monoisotopic (exact) mass is 240 g/mol. The third kappa shape index (κ3) is 2.54. The summed E-state index contributed by atoms with van der Waals surface area (Å²) in [5, 5.41) is 8.40. The van der Waals surface area contributed by atoms with E-state index in [4.69, 9.17) is 21.4 Å². The maximum absolute atomic E-state index is 12.4. The van der Waals surface area contributed by atoms with Gasteiger partial charge in [0.05, 0.1) is 24.3 Å². The molecule has 0 atom stereocenters. The largest absolute Gasteiger partial charge is 0.496 e. The summed E-state index contributed by atoms with van der Waals surface area (Å²) in [4.78, 5) is 0. The van der Waals surface area contributed by atoms with Gasteiger partial charge in [-0.25, -0.2) is 0 Å². The zero-order valence-corrected chi connectivity index (χ0v) is 8.49. The molecule has 15 heavy (non-hydrogen) atoms. The van der Waals surface area contributed by atoms with E-state index in [1.807, 2.05) is 0 Å². The zero-order chi connectivity index (χ0) is 11.6. The molecule has 0 aliphatic carbocycles. The van der Waals surface area contributed by atoms with E-state index in [0.717, 1.165) is 12.1 Å². The summed E-state index contributed by atoms with van der Waals surface area (Å²) in [6, 6.07) is 1.82. The van der Waals surface area contributed by atoms with Gasteiger partial charge in [0.2, 0.25) is 0 Å². The molecule has 0 spiro atoms. The van der Waals surface area contributed by atoms with Crippen LogP contribution in [0, 0.1) is 0 Å². The molecule has 0 aliphatic heterocycles. The molecule has 0 aromatic heterocycles. The lowest BCUT2D eigenvalue weighted by molar-refractivity contribution is -0.137. The van der Waals surface area contributed by atoms with Crippen LogP contribution in [0.3, 0.4) is 0 Å². The van der Waals surface area contributed by atoms with E-state index in [-0.39, 0.29) is 11.3 Å². The Labute approximate surface area is 89.2 Å². The van der Waals surface area contributed by atoms with Gasteiger partial charge in [-0.3, -0.25) is 0 Å². The van der Waals surface area contributed by atoms with E-state index in [9.17, 15) is 13.2 Å². The third-order valence-corrected chi connectivity index (χ3v) is 2.16. The van der Waals surface area contributed by atoms with Gasteiger partial charge in [-0.15, -0.1) is 0 Å². The Balaban J connectivity index is 3.32. The van der Waals surface area contributed by atoms with Crippen molar-refractivity contribution in [1.82, 2.24) is 0 Å². The van der Waals surface area contributed by atoms with E-state index in [0.29, 0.717) is 0 Å². The molecule has 1 aromatic carbocycles. The van der Waals surface area contributed by atoms with Gasteiger partial charge in [0.15, 0.2) is 0 Å². The molecule has 1 N–H and O–H groups in total. The Hall–Kier alpha value is -0.940.